The van der Waals surface area contributed by atoms with E-state index in [1.54, 1.807) is 4.90 Å². The molecule has 3 fully saturated rings. The Balaban J connectivity index is 1.26. The highest BCUT2D eigenvalue weighted by atomic mass is 16.7. The number of ether oxygens (including phenoxy) is 3. The topological polar surface area (TPSA) is 66.5 Å². The summed E-state index contributed by atoms with van der Waals surface area (Å²) in [6.45, 7) is 15.8. The van der Waals surface area contributed by atoms with Gasteiger partial charge in [-0.15, -0.1) is 0 Å². The van der Waals surface area contributed by atoms with Gasteiger partial charge in [0.25, 0.3) is 0 Å². The summed E-state index contributed by atoms with van der Waals surface area (Å²) >= 11 is 0. The van der Waals surface area contributed by atoms with Crippen molar-refractivity contribution in [3.05, 3.63) is 12.1 Å². The molecule has 31 heavy (non-hydrogen) atoms. The maximum Gasteiger partial charge on any atom is 0.486 e. The molecule has 3 rings (SSSR count). The lowest BCUT2D eigenvalue weighted by molar-refractivity contribution is -0.130. The van der Waals surface area contributed by atoms with Crippen LogP contribution in [0.4, 0.5) is 4.79 Å². The van der Waals surface area contributed by atoms with Crippen molar-refractivity contribution in [3.8, 4) is 0 Å². The minimum absolute atomic E-state index is 0.216. The summed E-state index contributed by atoms with van der Waals surface area (Å²) in [6.07, 6.45) is 6.04. The number of rotatable bonds is 6. The largest absolute Gasteiger partial charge is 0.486 e. The van der Waals surface area contributed by atoms with Crippen molar-refractivity contribution in [2.75, 3.05) is 19.7 Å². The van der Waals surface area contributed by atoms with E-state index in [1.807, 2.05) is 60.5 Å². The zero-order valence-electron chi connectivity index (χ0n) is 20.3. The van der Waals surface area contributed by atoms with Crippen molar-refractivity contribution >= 4 is 13.2 Å². The first-order valence-corrected chi connectivity index (χ1v) is 11.6. The molecular weight excluding hydrogens is 397 g/mol. The Morgan fingerprint density at radius 1 is 1.03 bits per heavy atom. The van der Waals surface area contributed by atoms with Gasteiger partial charge in [-0.05, 0) is 74.1 Å². The maximum atomic E-state index is 12.2. The van der Waals surface area contributed by atoms with Gasteiger partial charge in [-0.2, -0.15) is 0 Å². The second-order valence-corrected chi connectivity index (χ2v) is 10.9. The number of hydrogen-bond donors (Lipinski definition) is 0. The predicted octanol–water partition coefficient (Wildman–Crippen LogP) is 4.14. The van der Waals surface area contributed by atoms with Crippen molar-refractivity contribution in [2.24, 2.45) is 0 Å². The lowest BCUT2D eigenvalue weighted by Crippen LogP contribution is -2.46. The van der Waals surface area contributed by atoms with Gasteiger partial charge in [0.15, 0.2) is 0 Å². The Hall–Kier alpha value is -1.09. The first-order chi connectivity index (χ1) is 14.3. The Morgan fingerprint density at radius 3 is 2.16 bits per heavy atom. The van der Waals surface area contributed by atoms with Crippen molar-refractivity contribution in [3.63, 3.8) is 0 Å². The molecule has 2 heterocycles. The highest BCUT2D eigenvalue weighted by molar-refractivity contribution is 6.51. The molecule has 2 saturated heterocycles. The second kappa shape index (κ2) is 9.42. The number of piperidine rings is 1. The Labute approximate surface area is 187 Å². The van der Waals surface area contributed by atoms with Gasteiger partial charge in [0.1, 0.15) is 5.60 Å². The standard InChI is InChI=1S/C23H40BNO6/c1-21(2,3)29-20(26)25-12-9-17(10-13-25)28-19-15-18(16-19)27-14-8-11-24-30-22(4,5)23(6,7)31-24/h8,11,17-19H,9-10,12-16H2,1-7H3/b11-8+/t18-,19-. The van der Waals surface area contributed by atoms with Crippen LogP contribution in [0.25, 0.3) is 0 Å². The average Bonchev–Trinajstić information content (AvgIpc) is 2.81. The Kier molecular flexibility index (Phi) is 7.46. The van der Waals surface area contributed by atoms with Crippen LogP contribution in [0.3, 0.4) is 0 Å². The number of hydrogen-bond acceptors (Lipinski definition) is 6. The lowest BCUT2D eigenvalue weighted by Gasteiger charge is -2.39. The molecule has 2 aliphatic heterocycles. The van der Waals surface area contributed by atoms with Crippen LogP contribution in [0, 0.1) is 0 Å². The van der Waals surface area contributed by atoms with E-state index in [9.17, 15) is 4.79 Å². The first-order valence-electron chi connectivity index (χ1n) is 11.6. The summed E-state index contributed by atoms with van der Waals surface area (Å²) in [6, 6.07) is 0. The smallest absolute Gasteiger partial charge is 0.444 e. The predicted molar refractivity (Wildman–Crippen MR) is 120 cm³/mol. The van der Waals surface area contributed by atoms with Crippen LogP contribution in [-0.2, 0) is 23.5 Å². The fourth-order valence-electron chi connectivity index (χ4n) is 3.86. The number of amides is 1. The SMILES string of the molecule is CC(C)(C)OC(=O)N1CCC(O[C@H]2C[C@H](OC/C=C/B3OC(C)(C)C(C)(C)O3)C2)CC1. The maximum absolute atomic E-state index is 12.2. The molecule has 0 unspecified atom stereocenters. The van der Waals surface area contributed by atoms with E-state index in [2.05, 4.69) is 0 Å². The minimum atomic E-state index is -0.453. The molecule has 0 N–H and O–H groups in total. The van der Waals surface area contributed by atoms with Crippen molar-refractivity contribution in [1.29, 1.82) is 0 Å². The van der Waals surface area contributed by atoms with E-state index >= 15 is 0 Å². The van der Waals surface area contributed by atoms with Crippen molar-refractivity contribution in [1.82, 2.24) is 4.90 Å². The summed E-state index contributed by atoms with van der Waals surface area (Å²) < 4.78 is 29.4. The highest BCUT2D eigenvalue weighted by Gasteiger charge is 2.50. The van der Waals surface area contributed by atoms with Crippen LogP contribution >= 0.6 is 0 Å². The molecule has 0 radical (unpaired) electrons. The van der Waals surface area contributed by atoms with Gasteiger partial charge >= 0.3 is 13.2 Å². The fourth-order valence-corrected chi connectivity index (χ4v) is 3.86. The molecule has 176 valence electrons. The zero-order chi connectivity index (χ0) is 22.9. The third kappa shape index (κ3) is 6.70. The van der Waals surface area contributed by atoms with Gasteiger partial charge in [-0.3, -0.25) is 0 Å². The Morgan fingerprint density at radius 2 is 1.61 bits per heavy atom. The number of carbonyl (C=O) groups is 1. The lowest BCUT2D eigenvalue weighted by atomic mass is 9.90. The van der Waals surface area contributed by atoms with E-state index < -0.39 is 5.60 Å². The van der Waals surface area contributed by atoms with Crippen LogP contribution in [0.15, 0.2) is 12.1 Å². The summed E-state index contributed by atoms with van der Waals surface area (Å²) in [5, 5.41) is 0. The third-order valence-corrected chi connectivity index (χ3v) is 6.52. The molecule has 1 amide bonds. The van der Waals surface area contributed by atoms with Gasteiger partial charge in [-0.25, -0.2) is 4.79 Å². The van der Waals surface area contributed by atoms with Gasteiger partial charge in [0.05, 0.1) is 36.1 Å². The van der Waals surface area contributed by atoms with Crippen LogP contribution in [0.2, 0.25) is 0 Å². The van der Waals surface area contributed by atoms with E-state index in [-0.39, 0.29) is 42.7 Å². The van der Waals surface area contributed by atoms with E-state index in [0.29, 0.717) is 19.7 Å². The van der Waals surface area contributed by atoms with Gasteiger partial charge in [-0.1, -0.05) is 12.1 Å². The first kappa shape index (κ1) is 24.6. The molecule has 8 heteroatoms. The van der Waals surface area contributed by atoms with Gasteiger partial charge in [0, 0.05) is 13.1 Å². The second-order valence-electron chi connectivity index (χ2n) is 10.9. The summed E-state index contributed by atoms with van der Waals surface area (Å²) in [7, 11) is -0.322. The molecular formula is C23H40BNO6. The molecule has 0 atom stereocenters. The Bertz CT molecular complexity index is 629. The van der Waals surface area contributed by atoms with Crippen LogP contribution in [-0.4, -0.2) is 72.9 Å². The summed E-state index contributed by atoms with van der Waals surface area (Å²) in [5.41, 5.74) is -1.08. The molecule has 1 saturated carbocycles. The summed E-state index contributed by atoms with van der Waals surface area (Å²) in [5.74, 6) is 1.93. The van der Waals surface area contributed by atoms with Gasteiger partial charge < -0.3 is 28.4 Å². The number of nitrogens with zero attached hydrogens (tertiary/aromatic N) is 1. The molecule has 0 bridgehead atoms. The number of likely N-dealkylation sites (tertiary alicyclic amines) is 1. The van der Waals surface area contributed by atoms with E-state index in [1.165, 1.54) is 0 Å². The monoisotopic (exact) mass is 437 g/mol. The summed E-state index contributed by atoms with van der Waals surface area (Å²) in [4.78, 5) is 13.9. The molecule has 0 aromatic heterocycles. The van der Waals surface area contributed by atoms with Crippen LogP contribution in [0.1, 0.15) is 74.1 Å². The fraction of sp³-hybridized carbons (Fsp3) is 0.870. The molecule has 3 aliphatic rings. The van der Waals surface area contributed by atoms with Crippen LogP contribution in [0.5, 0.6) is 0 Å². The quantitative estimate of drug-likeness (QED) is 0.582. The highest BCUT2D eigenvalue weighted by Crippen LogP contribution is 2.37. The van der Waals surface area contributed by atoms with Crippen molar-refractivity contribution in [2.45, 2.75) is 109 Å². The normalized spacial score (nSPS) is 28.7. The molecule has 7 nitrogen and oxygen atoms in total. The minimum Gasteiger partial charge on any atom is -0.444 e. The molecule has 0 spiro atoms. The van der Waals surface area contributed by atoms with E-state index in [4.69, 9.17) is 23.5 Å². The van der Waals surface area contributed by atoms with Crippen molar-refractivity contribution < 1.29 is 28.3 Å². The molecule has 1 aliphatic carbocycles. The average molecular weight is 437 g/mol. The molecule has 0 aromatic rings. The van der Waals surface area contributed by atoms with Crippen LogP contribution < -0.4 is 0 Å². The third-order valence-electron chi connectivity index (χ3n) is 6.52. The number of carbonyl (C=O) groups excluding carboxylic acids is 1. The zero-order valence-corrected chi connectivity index (χ0v) is 20.3. The van der Waals surface area contributed by atoms with Gasteiger partial charge in [0.2, 0.25) is 0 Å². The van der Waals surface area contributed by atoms with E-state index in [0.717, 1.165) is 25.7 Å². The molecule has 0 aromatic carbocycles.